The molecule has 1 aromatic heterocycles. The second kappa shape index (κ2) is 9.21. The maximum Gasteiger partial charge on any atom is 0.196 e. The van der Waals surface area contributed by atoms with E-state index in [1.54, 1.807) is 18.9 Å². The van der Waals surface area contributed by atoms with E-state index in [9.17, 15) is 0 Å². The monoisotopic (exact) mass is 433 g/mol. The van der Waals surface area contributed by atoms with Crippen LogP contribution < -0.4 is 4.74 Å². The molecule has 26 heavy (non-hydrogen) atoms. The van der Waals surface area contributed by atoms with E-state index >= 15 is 0 Å². The van der Waals surface area contributed by atoms with Gasteiger partial charge in [0, 0.05) is 28.6 Å². The molecule has 2 aromatic carbocycles. The lowest BCUT2D eigenvalue weighted by atomic mass is 10.2. The molecule has 0 saturated heterocycles. The molecule has 0 radical (unpaired) electrons. The molecule has 0 fully saturated rings. The molecule has 136 valence electrons. The Morgan fingerprint density at radius 3 is 2.42 bits per heavy atom. The van der Waals surface area contributed by atoms with Crippen LogP contribution in [-0.4, -0.2) is 40.8 Å². The van der Waals surface area contributed by atoms with Gasteiger partial charge in [0.25, 0.3) is 0 Å². The van der Waals surface area contributed by atoms with E-state index in [4.69, 9.17) is 9.47 Å². The molecule has 0 atom stereocenters. The van der Waals surface area contributed by atoms with Gasteiger partial charge in [-0.3, -0.25) is 4.57 Å². The molecule has 0 N–H and O–H groups in total. The van der Waals surface area contributed by atoms with Gasteiger partial charge in [-0.15, -0.1) is 10.2 Å². The van der Waals surface area contributed by atoms with Crippen molar-refractivity contribution < 1.29 is 9.47 Å². The summed E-state index contributed by atoms with van der Waals surface area (Å²) in [5, 5.41) is 9.67. The van der Waals surface area contributed by atoms with Gasteiger partial charge in [0.2, 0.25) is 0 Å². The fraction of sp³-hybridized carbons (Fsp3) is 0.263. The zero-order valence-electron chi connectivity index (χ0n) is 14.7. The fourth-order valence-electron chi connectivity index (χ4n) is 2.46. The van der Waals surface area contributed by atoms with Gasteiger partial charge >= 0.3 is 0 Å². The van der Waals surface area contributed by atoms with Crippen molar-refractivity contribution in [2.24, 2.45) is 0 Å². The summed E-state index contributed by atoms with van der Waals surface area (Å²) in [6, 6.07) is 16.1. The Morgan fingerprint density at radius 2 is 1.77 bits per heavy atom. The van der Waals surface area contributed by atoms with Crippen molar-refractivity contribution in [1.29, 1.82) is 0 Å². The molecule has 0 aliphatic rings. The van der Waals surface area contributed by atoms with Gasteiger partial charge in [-0.2, -0.15) is 0 Å². The normalized spacial score (nSPS) is 10.9. The molecule has 5 nitrogen and oxygen atoms in total. The molecule has 0 amide bonds. The van der Waals surface area contributed by atoms with Crippen LogP contribution in [0.4, 0.5) is 0 Å². The Morgan fingerprint density at radius 1 is 1.04 bits per heavy atom. The molecule has 7 heteroatoms. The molecule has 0 saturated carbocycles. The lowest BCUT2D eigenvalue weighted by Gasteiger charge is -2.11. The van der Waals surface area contributed by atoms with Gasteiger partial charge in [0.15, 0.2) is 11.0 Å². The summed E-state index contributed by atoms with van der Waals surface area (Å²) in [7, 11) is 1.70. The first-order valence-electron chi connectivity index (χ1n) is 8.29. The first-order valence-corrected chi connectivity index (χ1v) is 10.1. The molecule has 3 rings (SSSR count). The Balaban J connectivity index is 2.00. The third-order valence-corrected chi connectivity index (χ3v) is 5.08. The fourth-order valence-corrected chi connectivity index (χ4v) is 3.57. The highest BCUT2D eigenvalue weighted by molar-refractivity contribution is 9.10. The molecule has 0 aliphatic carbocycles. The number of rotatable bonds is 8. The summed E-state index contributed by atoms with van der Waals surface area (Å²) in [5.74, 6) is 2.47. The maximum absolute atomic E-state index is 5.55. The minimum absolute atomic E-state index is 0.647. The Kier molecular flexibility index (Phi) is 6.71. The van der Waals surface area contributed by atoms with E-state index in [2.05, 4.69) is 30.7 Å². The number of thioether (sulfide) groups is 1. The summed E-state index contributed by atoms with van der Waals surface area (Å²) in [6.45, 7) is 3.28. The topological polar surface area (TPSA) is 49.2 Å². The predicted molar refractivity (Wildman–Crippen MR) is 108 cm³/mol. The molecule has 0 spiro atoms. The van der Waals surface area contributed by atoms with Gasteiger partial charge < -0.3 is 9.47 Å². The van der Waals surface area contributed by atoms with E-state index in [0.29, 0.717) is 13.2 Å². The lowest BCUT2D eigenvalue weighted by Crippen LogP contribution is -2.01. The van der Waals surface area contributed by atoms with Crippen LogP contribution in [0.25, 0.3) is 17.1 Å². The van der Waals surface area contributed by atoms with Gasteiger partial charge in [-0.1, -0.05) is 39.8 Å². The third-order valence-electron chi connectivity index (χ3n) is 3.66. The van der Waals surface area contributed by atoms with E-state index in [1.807, 2.05) is 55.5 Å². The summed E-state index contributed by atoms with van der Waals surface area (Å²) >= 11 is 5.10. The van der Waals surface area contributed by atoms with Crippen molar-refractivity contribution in [3.05, 3.63) is 53.0 Å². The summed E-state index contributed by atoms with van der Waals surface area (Å²) in [6.07, 6.45) is 0. The van der Waals surface area contributed by atoms with E-state index < -0.39 is 0 Å². The number of nitrogens with zero attached hydrogens (tertiary/aromatic N) is 3. The van der Waals surface area contributed by atoms with Crippen molar-refractivity contribution in [3.8, 4) is 22.8 Å². The summed E-state index contributed by atoms with van der Waals surface area (Å²) in [5.41, 5.74) is 2.00. The number of halogens is 1. The van der Waals surface area contributed by atoms with Crippen LogP contribution in [0.5, 0.6) is 5.75 Å². The lowest BCUT2D eigenvalue weighted by molar-refractivity contribution is 0.218. The highest BCUT2D eigenvalue weighted by Crippen LogP contribution is 2.29. The largest absolute Gasteiger partial charge is 0.494 e. The molecular weight excluding hydrogens is 414 g/mol. The van der Waals surface area contributed by atoms with Gasteiger partial charge in [-0.05, 0) is 43.3 Å². The number of aromatic nitrogens is 3. The highest BCUT2D eigenvalue weighted by Gasteiger charge is 2.16. The van der Waals surface area contributed by atoms with Crippen molar-refractivity contribution in [2.75, 3.05) is 26.1 Å². The van der Waals surface area contributed by atoms with Gasteiger partial charge in [-0.25, -0.2) is 0 Å². The van der Waals surface area contributed by atoms with Crippen molar-refractivity contribution in [2.45, 2.75) is 12.1 Å². The average Bonchev–Trinajstić information content (AvgIpc) is 3.07. The van der Waals surface area contributed by atoms with Crippen LogP contribution in [0.15, 0.2) is 58.2 Å². The maximum atomic E-state index is 5.55. The predicted octanol–water partition coefficient (Wildman–Crippen LogP) is 4.83. The molecule has 1 heterocycles. The number of hydrogen-bond donors (Lipinski definition) is 0. The number of ether oxygens (including phenoxy) is 2. The number of hydrogen-bond acceptors (Lipinski definition) is 5. The summed E-state index contributed by atoms with van der Waals surface area (Å²) in [4.78, 5) is 0. The smallest absolute Gasteiger partial charge is 0.196 e. The van der Waals surface area contributed by atoms with Crippen LogP contribution in [0, 0.1) is 0 Å². The van der Waals surface area contributed by atoms with Crippen LogP contribution in [0.2, 0.25) is 0 Å². The molecular formula is C19H20BrN3O2S. The average molecular weight is 434 g/mol. The Labute approximate surface area is 165 Å². The minimum Gasteiger partial charge on any atom is -0.494 e. The first kappa shape index (κ1) is 18.9. The van der Waals surface area contributed by atoms with Crippen LogP contribution in [-0.2, 0) is 4.74 Å². The third kappa shape index (κ3) is 4.47. The Bertz CT molecular complexity index is 835. The first-order chi connectivity index (χ1) is 12.7. The molecule has 0 bridgehead atoms. The van der Waals surface area contributed by atoms with E-state index in [0.717, 1.165) is 38.2 Å². The number of methoxy groups -OCH3 is 1. The SMILES string of the molecule is CCOc1ccc(-n2c(SCCOC)nnc2-c2ccc(Br)cc2)cc1. The van der Waals surface area contributed by atoms with Crippen molar-refractivity contribution in [3.63, 3.8) is 0 Å². The van der Waals surface area contributed by atoms with Crippen LogP contribution >= 0.6 is 27.7 Å². The van der Waals surface area contributed by atoms with E-state index in [-0.39, 0.29) is 0 Å². The zero-order chi connectivity index (χ0) is 18.4. The van der Waals surface area contributed by atoms with E-state index in [1.165, 1.54) is 0 Å². The van der Waals surface area contributed by atoms with Gasteiger partial charge in [0.05, 0.1) is 13.2 Å². The molecule has 3 aromatic rings. The van der Waals surface area contributed by atoms with Crippen LogP contribution in [0.3, 0.4) is 0 Å². The second-order valence-electron chi connectivity index (χ2n) is 5.42. The highest BCUT2D eigenvalue weighted by atomic mass is 79.9. The van der Waals surface area contributed by atoms with Crippen LogP contribution in [0.1, 0.15) is 6.92 Å². The molecule has 0 aliphatic heterocycles. The Hall–Kier alpha value is -1.83. The zero-order valence-corrected chi connectivity index (χ0v) is 17.1. The molecule has 0 unspecified atom stereocenters. The van der Waals surface area contributed by atoms with Crippen molar-refractivity contribution in [1.82, 2.24) is 14.8 Å². The number of benzene rings is 2. The second-order valence-corrected chi connectivity index (χ2v) is 7.39. The summed E-state index contributed by atoms with van der Waals surface area (Å²) < 4.78 is 13.8. The quantitative estimate of drug-likeness (QED) is 0.375. The standard InChI is InChI=1S/C19H20BrN3O2S/c1-3-25-17-10-8-16(9-11-17)23-18(14-4-6-15(20)7-5-14)21-22-19(23)26-13-12-24-2/h4-11H,3,12-13H2,1-2H3. The van der Waals surface area contributed by atoms with Gasteiger partial charge in [0.1, 0.15) is 5.75 Å². The minimum atomic E-state index is 0.647. The van der Waals surface area contributed by atoms with Crippen molar-refractivity contribution >= 4 is 27.7 Å².